The molecule has 0 saturated carbocycles. The summed E-state index contributed by atoms with van der Waals surface area (Å²) in [6, 6.07) is 4.11. The normalized spacial score (nSPS) is 19.2. The molecule has 1 heterocycles. The van der Waals surface area contributed by atoms with E-state index in [0.717, 1.165) is 37.1 Å². The van der Waals surface area contributed by atoms with Crippen molar-refractivity contribution in [3.05, 3.63) is 35.9 Å². The van der Waals surface area contributed by atoms with Gasteiger partial charge >= 0.3 is 0 Å². The molecule has 2 rings (SSSR count). The first-order valence-electron chi connectivity index (χ1n) is 7.04. The summed E-state index contributed by atoms with van der Waals surface area (Å²) in [5, 5.41) is 19.5. The van der Waals surface area contributed by atoms with Gasteiger partial charge in [0.2, 0.25) is 0 Å². The van der Waals surface area contributed by atoms with E-state index in [9.17, 15) is 10.2 Å². The second-order valence-electron chi connectivity index (χ2n) is 5.25. The third kappa shape index (κ3) is 3.14. The second-order valence-corrected chi connectivity index (χ2v) is 5.25. The molecule has 4 nitrogen and oxygen atoms in total. The van der Waals surface area contributed by atoms with Crippen molar-refractivity contribution in [3.63, 3.8) is 0 Å². The van der Waals surface area contributed by atoms with Gasteiger partial charge in [-0.15, -0.1) is 6.58 Å². The van der Waals surface area contributed by atoms with E-state index in [4.69, 9.17) is 4.74 Å². The predicted octanol–water partition coefficient (Wildman–Crippen LogP) is 2.09. The maximum Gasteiger partial charge on any atom is 0.161 e. The van der Waals surface area contributed by atoms with Gasteiger partial charge in [-0.2, -0.15) is 0 Å². The van der Waals surface area contributed by atoms with Crippen molar-refractivity contribution in [2.75, 3.05) is 20.3 Å². The number of hydrogen-bond acceptors (Lipinski definition) is 4. The molecule has 110 valence electrons. The van der Waals surface area contributed by atoms with Crippen molar-refractivity contribution in [3.8, 4) is 11.5 Å². The molecular formula is C16H23NO3. The lowest BCUT2D eigenvalue weighted by Gasteiger charge is -2.23. The van der Waals surface area contributed by atoms with Crippen molar-refractivity contribution in [1.82, 2.24) is 4.90 Å². The molecule has 0 aliphatic carbocycles. The van der Waals surface area contributed by atoms with Crippen LogP contribution in [0.25, 0.3) is 0 Å². The molecule has 1 aliphatic heterocycles. The molecule has 0 bridgehead atoms. The Balaban J connectivity index is 2.22. The number of ether oxygens (including phenoxy) is 1. The lowest BCUT2D eigenvalue weighted by atomic mass is 10.0. The van der Waals surface area contributed by atoms with Crippen LogP contribution < -0.4 is 4.74 Å². The zero-order chi connectivity index (χ0) is 14.5. The highest BCUT2D eigenvalue weighted by molar-refractivity contribution is 5.49. The molecule has 4 heteroatoms. The number of aromatic hydroxyl groups is 1. The molecule has 1 atom stereocenters. The summed E-state index contributed by atoms with van der Waals surface area (Å²) in [6.45, 7) is 5.69. The van der Waals surface area contributed by atoms with E-state index in [0.29, 0.717) is 12.2 Å². The summed E-state index contributed by atoms with van der Waals surface area (Å²) in [4.78, 5) is 2.28. The maximum absolute atomic E-state index is 10.1. The van der Waals surface area contributed by atoms with E-state index in [1.54, 1.807) is 13.2 Å². The van der Waals surface area contributed by atoms with E-state index in [-0.39, 0.29) is 18.4 Å². The predicted molar refractivity (Wildman–Crippen MR) is 79.1 cm³/mol. The van der Waals surface area contributed by atoms with Crippen LogP contribution in [0.1, 0.15) is 24.0 Å². The summed E-state index contributed by atoms with van der Waals surface area (Å²) in [5.74, 6) is 0.690. The number of allylic oxidation sites excluding steroid dienone is 1. The molecule has 0 aromatic heterocycles. The van der Waals surface area contributed by atoms with E-state index < -0.39 is 0 Å². The first-order valence-corrected chi connectivity index (χ1v) is 7.04. The largest absolute Gasteiger partial charge is 0.504 e. The highest BCUT2D eigenvalue weighted by Gasteiger charge is 2.24. The van der Waals surface area contributed by atoms with Crippen LogP contribution >= 0.6 is 0 Å². The van der Waals surface area contributed by atoms with Gasteiger partial charge in [-0.25, -0.2) is 0 Å². The Morgan fingerprint density at radius 3 is 2.95 bits per heavy atom. The number of hydrogen-bond donors (Lipinski definition) is 2. The molecule has 2 N–H and O–H groups in total. The highest BCUT2D eigenvalue weighted by atomic mass is 16.5. The summed E-state index contributed by atoms with van der Waals surface area (Å²) in [6.07, 6.45) is 4.55. The molecule has 1 aliphatic rings. The van der Waals surface area contributed by atoms with Crippen molar-refractivity contribution in [2.45, 2.75) is 31.8 Å². The molecule has 0 amide bonds. The average Bonchev–Trinajstić information content (AvgIpc) is 2.89. The van der Waals surface area contributed by atoms with Gasteiger partial charge in [-0.05, 0) is 37.4 Å². The summed E-state index contributed by atoms with van der Waals surface area (Å²) in [5.41, 5.74) is 1.92. The molecule has 1 saturated heterocycles. The molecule has 0 spiro atoms. The Labute approximate surface area is 120 Å². The van der Waals surface area contributed by atoms with Crippen molar-refractivity contribution < 1.29 is 14.9 Å². The molecule has 1 aromatic carbocycles. The summed E-state index contributed by atoms with van der Waals surface area (Å²) in [7, 11) is 1.56. The van der Waals surface area contributed by atoms with Gasteiger partial charge in [0.1, 0.15) is 0 Å². The van der Waals surface area contributed by atoms with Crippen LogP contribution in [0, 0.1) is 0 Å². The number of nitrogens with zero attached hydrogens (tertiary/aromatic N) is 1. The zero-order valence-corrected chi connectivity index (χ0v) is 12.0. The standard InChI is InChI=1S/C16H23NO3/c1-3-5-13-8-12(9-15(20-2)16(13)19)10-17-7-4-6-14(17)11-18/h3,8-9,14,18-19H,1,4-7,10-11H2,2H3/t14-/m0/s1. The zero-order valence-electron chi connectivity index (χ0n) is 12.0. The van der Waals surface area contributed by atoms with Crippen molar-refractivity contribution in [2.24, 2.45) is 0 Å². The third-order valence-corrected chi connectivity index (χ3v) is 3.89. The van der Waals surface area contributed by atoms with Crippen LogP contribution in [-0.2, 0) is 13.0 Å². The smallest absolute Gasteiger partial charge is 0.161 e. The number of benzene rings is 1. The number of phenols is 1. The second kappa shape index (κ2) is 6.77. The van der Waals surface area contributed by atoms with Crippen LogP contribution in [-0.4, -0.2) is 41.4 Å². The van der Waals surface area contributed by atoms with Gasteiger partial charge in [0.15, 0.2) is 11.5 Å². The number of aliphatic hydroxyl groups excluding tert-OH is 1. The Hall–Kier alpha value is -1.52. The van der Waals surface area contributed by atoms with E-state index >= 15 is 0 Å². The van der Waals surface area contributed by atoms with Crippen LogP contribution in [0.4, 0.5) is 0 Å². The molecule has 1 aromatic rings. The fourth-order valence-electron chi connectivity index (χ4n) is 2.83. The van der Waals surface area contributed by atoms with E-state index in [1.807, 2.05) is 12.1 Å². The molecule has 1 fully saturated rings. The van der Waals surface area contributed by atoms with Gasteiger partial charge in [-0.1, -0.05) is 12.1 Å². The lowest BCUT2D eigenvalue weighted by molar-refractivity contribution is 0.153. The molecular weight excluding hydrogens is 254 g/mol. The number of phenolic OH excluding ortho intramolecular Hbond substituents is 1. The quantitative estimate of drug-likeness (QED) is 0.782. The average molecular weight is 277 g/mol. The van der Waals surface area contributed by atoms with Gasteiger partial charge in [0, 0.05) is 18.2 Å². The maximum atomic E-state index is 10.1. The summed E-state index contributed by atoms with van der Waals surface area (Å²) >= 11 is 0. The summed E-state index contributed by atoms with van der Waals surface area (Å²) < 4.78 is 5.24. The van der Waals surface area contributed by atoms with Crippen LogP contribution in [0.15, 0.2) is 24.8 Å². The van der Waals surface area contributed by atoms with Gasteiger partial charge in [0.25, 0.3) is 0 Å². The number of rotatable bonds is 6. The topological polar surface area (TPSA) is 52.9 Å². The number of likely N-dealkylation sites (tertiary alicyclic amines) is 1. The molecule has 0 unspecified atom stereocenters. The fraction of sp³-hybridized carbons (Fsp3) is 0.500. The third-order valence-electron chi connectivity index (χ3n) is 3.89. The number of aliphatic hydroxyl groups is 1. The Bertz CT molecular complexity index is 473. The highest BCUT2D eigenvalue weighted by Crippen LogP contribution is 2.33. The lowest BCUT2D eigenvalue weighted by Crippen LogP contribution is -2.31. The number of methoxy groups -OCH3 is 1. The Morgan fingerprint density at radius 2 is 2.30 bits per heavy atom. The van der Waals surface area contributed by atoms with Crippen molar-refractivity contribution in [1.29, 1.82) is 0 Å². The van der Waals surface area contributed by atoms with Crippen LogP contribution in [0.5, 0.6) is 11.5 Å². The minimum atomic E-state index is 0.191. The monoisotopic (exact) mass is 277 g/mol. The minimum absolute atomic E-state index is 0.191. The molecule has 0 radical (unpaired) electrons. The van der Waals surface area contributed by atoms with Crippen LogP contribution in [0.2, 0.25) is 0 Å². The van der Waals surface area contributed by atoms with Gasteiger partial charge < -0.3 is 14.9 Å². The van der Waals surface area contributed by atoms with Crippen molar-refractivity contribution >= 4 is 0 Å². The first-order chi connectivity index (χ1) is 9.69. The van der Waals surface area contributed by atoms with Gasteiger partial charge in [0.05, 0.1) is 13.7 Å². The molecule has 20 heavy (non-hydrogen) atoms. The Kier molecular flexibility index (Phi) is 5.04. The Morgan fingerprint density at radius 1 is 1.50 bits per heavy atom. The van der Waals surface area contributed by atoms with E-state index in [1.165, 1.54) is 0 Å². The fourth-order valence-corrected chi connectivity index (χ4v) is 2.83. The van der Waals surface area contributed by atoms with E-state index in [2.05, 4.69) is 11.5 Å². The minimum Gasteiger partial charge on any atom is -0.504 e. The first kappa shape index (κ1) is 14.9. The SMILES string of the molecule is C=CCc1cc(CN2CCC[C@H]2CO)cc(OC)c1O. The van der Waals surface area contributed by atoms with Crippen LogP contribution in [0.3, 0.4) is 0 Å². The van der Waals surface area contributed by atoms with Gasteiger partial charge in [-0.3, -0.25) is 4.90 Å².